The Morgan fingerprint density at radius 3 is 1.56 bits per heavy atom. The van der Waals surface area contributed by atoms with Gasteiger partial charge in [0, 0.05) is 0 Å². The number of nitrogens with one attached hydrogen (secondary N) is 4. The van der Waals surface area contributed by atoms with Gasteiger partial charge in [0.25, 0.3) is 23.8 Å². The van der Waals surface area contributed by atoms with Crippen molar-refractivity contribution >= 4 is 23.8 Å². The van der Waals surface area contributed by atoms with Crippen molar-refractivity contribution in [3.05, 3.63) is 23.8 Å². The highest BCUT2D eigenvalue weighted by Gasteiger charge is 2.14. The molecule has 0 amide bonds. The van der Waals surface area contributed by atoms with Crippen LogP contribution >= 0.6 is 0 Å². The molecule has 162 valence electrons. The molecule has 5 heterocycles. The van der Waals surface area contributed by atoms with E-state index in [1.807, 2.05) is 0 Å². The fraction of sp³-hybridized carbons (Fsp3) is 0.167. The molecule has 0 aliphatic heterocycles. The number of aliphatic hydroxyl groups is 2. The van der Waals surface area contributed by atoms with Gasteiger partial charge in [0.2, 0.25) is 11.9 Å². The minimum atomic E-state index is -0.274. The van der Waals surface area contributed by atoms with Crippen LogP contribution in [0.5, 0.6) is 0 Å². The summed E-state index contributed by atoms with van der Waals surface area (Å²) in [6, 6.07) is 0. The van der Waals surface area contributed by atoms with Gasteiger partial charge in [-0.1, -0.05) is 10.4 Å². The van der Waals surface area contributed by atoms with E-state index in [0.717, 1.165) is 0 Å². The summed E-state index contributed by atoms with van der Waals surface area (Å²) in [5.41, 5.74) is 0.829. The lowest BCUT2D eigenvalue weighted by molar-refractivity contribution is 0.272. The third kappa shape index (κ3) is 3.63. The molecule has 5 rings (SSSR count). The first kappa shape index (κ1) is 19.0. The Hall–Kier alpha value is -4.98. The second-order valence-electron chi connectivity index (χ2n) is 5.86. The van der Waals surface area contributed by atoms with Crippen molar-refractivity contribution in [2.24, 2.45) is 0 Å². The topological polar surface area (TPSA) is 261 Å². The van der Waals surface area contributed by atoms with Crippen molar-refractivity contribution in [3.63, 3.8) is 0 Å². The molecule has 20 heteroatoms. The maximum Gasteiger partial charge on any atom is 0.272 e. The summed E-state index contributed by atoms with van der Waals surface area (Å²) in [5, 5.41) is 67.7. The van der Waals surface area contributed by atoms with Gasteiger partial charge in [-0.15, -0.1) is 40.8 Å². The standard InChI is InChI=1S/C12H12N18O2/c31-3-5-1-13-27-29(5)11-17-7(19-25-11)15-9-21-23-10(24-22-9)16-8-18-12(26-20-8)30-6(4-32)2-14-28-30/h1-2,31-32H,3-4H2,(H2,15,17,19,21,22,25)(H2,16,18,20,23,24,26). The monoisotopic (exact) mass is 440 g/mol. The fourth-order valence-corrected chi connectivity index (χ4v) is 2.41. The average molecular weight is 440 g/mol. The molecule has 0 atom stereocenters. The summed E-state index contributed by atoms with van der Waals surface area (Å²) >= 11 is 0. The highest BCUT2D eigenvalue weighted by molar-refractivity contribution is 5.44. The fourth-order valence-electron chi connectivity index (χ4n) is 2.41. The van der Waals surface area contributed by atoms with Crippen LogP contribution in [-0.2, 0) is 13.2 Å². The smallest absolute Gasteiger partial charge is 0.272 e. The van der Waals surface area contributed by atoms with E-state index in [2.05, 4.69) is 82.0 Å². The van der Waals surface area contributed by atoms with Crippen LogP contribution in [0.1, 0.15) is 11.4 Å². The molecule has 0 fully saturated rings. The lowest BCUT2D eigenvalue weighted by Gasteiger charge is -2.00. The van der Waals surface area contributed by atoms with Crippen molar-refractivity contribution in [2.75, 3.05) is 10.6 Å². The number of hydrogen-bond donors (Lipinski definition) is 6. The zero-order valence-corrected chi connectivity index (χ0v) is 15.7. The first-order valence-electron chi connectivity index (χ1n) is 8.71. The predicted octanol–water partition coefficient (Wildman–Crippen LogP) is -2.86. The number of anilines is 4. The van der Waals surface area contributed by atoms with Crippen LogP contribution < -0.4 is 10.6 Å². The molecule has 0 radical (unpaired) electrons. The highest BCUT2D eigenvalue weighted by atomic mass is 16.3. The van der Waals surface area contributed by atoms with Gasteiger partial charge < -0.3 is 10.2 Å². The van der Waals surface area contributed by atoms with Gasteiger partial charge in [-0.05, 0) is 0 Å². The molecule has 0 aliphatic rings. The van der Waals surface area contributed by atoms with E-state index in [1.54, 1.807) is 0 Å². The van der Waals surface area contributed by atoms with Crippen LogP contribution in [0.25, 0.3) is 11.9 Å². The third-order valence-electron chi connectivity index (χ3n) is 3.83. The Morgan fingerprint density at radius 2 is 1.16 bits per heavy atom. The molecular weight excluding hydrogens is 428 g/mol. The number of aromatic amines is 2. The van der Waals surface area contributed by atoms with Crippen LogP contribution in [0, 0.1) is 0 Å². The van der Waals surface area contributed by atoms with E-state index < -0.39 is 0 Å². The van der Waals surface area contributed by atoms with Crippen molar-refractivity contribution in [1.82, 2.24) is 80.7 Å². The molecular formula is C12H12N18O2. The molecule has 0 saturated heterocycles. The van der Waals surface area contributed by atoms with Gasteiger partial charge in [-0.25, -0.2) is 10.2 Å². The van der Waals surface area contributed by atoms with Crippen molar-refractivity contribution < 1.29 is 10.2 Å². The van der Waals surface area contributed by atoms with Crippen LogP contribution in [0.15, 0.2) is 12.4 Å². The second-order valence-corrected chi connectivity index (χ2v) is 5.86. The molecule has 0 aromatic carbocycles. The molecule has 5 aromatic rings. The quantitative estimate of drug-likeness (QED) is 0.142. The molecule has 0 saturated carbocycles. The number of hydrogen-bond acceptors (Lipinski definition) is 16. The Labute approximate surface area is 175 Å². The molecule has 6 N–H and O–H groups in total. The van der Waals surface area contributed by atoms with Gasteiger partial charge >= 0.3 is 0 Å². The van der Waals surface area contributed by atoms with Crippen LogP contribution in [-0.4, -0.2) is 91.0 Å². The zero-order valence-electron chi connectivity index (χ0n) is 15.7. The van der Waals surface area contributed by atoms with Gasteiger partial charge in [0.15, 0.2) is 0 Å². The van der Waals surface area contributed by atoms with Crippen LogP contribution in [0.2, 0.25) is 0 Å². The molecule has 20 nitrogen and oxygen atoms in total. The van der Waals surface area contributed by atoms with Gasteiger partial charge in [-0.2, -0.15) is 19.3 Å². The van der Waals surface area contributed by atoms with Crippen LogP contribution in [0.4, 0.5) is 23.8 Å². The van der Waals surface area contributed by atoms with Crippen LogP contribution in [0.3, 0.4) is 0 Å². The van der Waals surface area contributed by atoms with Crippen molar-refractivity contribution in [1.29, 1.82) is 0 Å². The number of rotatable bonds is 8. The Bertz CT molecular complexity index is 1210. The van der Waals surface area contributed by atoms with E-state index in [4.69, 9.17) is 0 Å². The Balaban J connectivity index is 1.24. The molecule has 5 aromatic heterocycles. The zero-order chi connectivity index (χ0) is 21.9. The maximum absolute atomic E-state index is 9.26. The summed E-state index contributed by atoms with van der Waals surface area (Å²) < 4.78 is 2.53. The van der Waals surface area contributed by atoms with Gasteiger partial charge in [-0.3, -0.25) is 10.6 Å². The number of aromatic nitrogens is 16. The summed E-state index contributed by atoms with van der Waals surface area (Å²) in [6.45, 7) is -0.548. The molecule has 0 spiro atoms. The third-order valence-corrected chi connectivity index (χ3v) is 3.83. The van der Waals surface area contributed by atoms with E-state index in [0.29, 0.717) is 11.4 Å². The predicted molar refractivity (Wildman–Crippen MR) is 98.6 cm³/mol. The van der Waals surface area contributed by atoms with E-state index in [9.17, 15) is 10.2 Å². The van der Waals surface area contributed by atoms with Crippen molar-refractivity contribution in [3.8, 4) is 11.9 Å². The largest absolute Gasteiger partial charge is 0.390 e. The Kier molecular flexibility index (Phi) is 4.77. The highest BCUT2D eigenvalue weighted by Crippen LogP contribution is 2.12. The molecule has 0 bridgehead atoms. The normalized spacial score (nSPS) is 11.1. The van der Waals surface area contributed by atoms with Gasteiger partial charge in [0.1, 0.15) is 0 Å². The lowest BCUT2D eigenvalue weighted by Crippen LogP contribution is -2.07. The van der Waals surface area contributed by atoms with E-state index >= 15 is 0 Å². The number of nitrogens with zero attached hydrogens (tertiary/aromatic N) is 14. The SMILES string of the molecule is OCc1cnnn1-c1n[nH]c(Nc2nnc(Nc3nc(-n4nncc4CO)n[nH]3)nn2)n1. The lowest BCUT2D eigenvalue weighted by atomic mass is 10.5. The summed E-state index contributed by atoms with van der Waals surface area (Å²) in [5.74, 6) is 0.768. The maximum atomic E-state index is 9.26. The number of H-pyrrole nitrogens is 2. The summed E-state index contributed by atoms with van der Waals surface area (Å²) in [7, 11) is 0. The van der Waals surface area contributed by atoms with E-state index in [-0.39, 0.29) is 48.9 Å². The molecule has 0 unspecified atom stereocenters. The number of aliphatic hydroxyl groups excluding tert-OH is 2. The first-order chi connectivity index (χ1) is 15.7. The summed E-state index contributed by atoms with van der Waals surface area (Å²) in [6.07, 6.45) is 2.78. The molecule has 0 aliphatic carbocycles. The van der Waals surface area contributed by atoms with Gasteiger partial charge in [0.05, 0.1) is 37.0 Å². The molecule has 32 heavy (non-hydrogen) atoms. The Morgan fingerprint density at radius 1 is 0.719 bits per heavy atom. The van der Waals surface area contributed by atoms with E-state index in [1.165, 1.54) is 21.8 Å². The second kappa shape index (κ2) is 8.04. The minimum Gasteiger partial charge on any atom is -0.390 e. The average Bonchev–Trinajstić information content (AvgIpc) is 3.60. The summed E-state index contributed by atoms with van der Waals surface area (Å²) in [4.78, 5) is 8.31. The first-order valence-corrected chi connectivity index (χ1v) is 8.71. The van der Waals surface area contributed by atoms with Crippen molar-refractivity contribution in [2.45, 2.75) is 13.2 Å². The minimum absolute atomic E-state index is 0.0349.